The quantitative estimate of drug-likeness (QED) is 0.902. The van der Waals surface area contributed by atoms with Crippen molar-refractivity contribution < 1.29 is 4.42 Å². The minimum Gasteiger partial charge on any atom is -0.464 e. The molecule has 1 aliphatic rings. The largest absolute Gasteiger partial charge is 0.464 e. The zero-order valence-electron chi connectivity index (χ0n) is 10.7. The second-order valence-corrected chi connectivity index (χ2v) is 5.13. The molecule has 3 nitrogen and oxygen atoms in total. The SMILES string of the molecule is NCc1ccc2occ(CN3CCCCC3)c2c1. The first kappa shape index (κ1) is 11.8. The van der Waals surface area contributed by atoms with E-state index in [1.807, 2.05) is 18.4 Å². The van der Waals surface area contributed by atoms with Gasteiger partial charge in [0, 0.05) is 24.0 Å². The van der Waals surface area contributed by atoms with Crippen molar-refractivity contribution in [1.29, 1.82) is 0 Å². The molecular formula is C15H20N2O. The highest BCUT2D eigenvalue weighted by Crippen LogP contribution is 2.24. The third kappa shape index (κ3) is 2.28. The average Bonchev–Trinajstić information content (AvgIpc) is 2.82. The number of piperidine rings is 1. The van der Waals surface area contributed by atoms with Gasteiger partial charge in [-0.25, -0.2) is 0 Å². The van der Waals surface area contributed by atoms with Crippen LogP contribution in [0.2, 0.25) is 0 Å². The lowest BCUT2D eigenvalue weighted by Crippen LogP contribution is -2.28. The molecular weight excluding hydrogens is 224 g/mol. The van der Waals surface area contributed by atoms with Crippen LogP contribution >= 0.6 is 0 Å². The molecule has 2 aromatic rings. The van der Waals surface area contributed by atoms with E-state index in [0.717, 1.165) is 12.1 Å². The van der Waals surface area contributed by atoms with E-state index in [4.69, 9.17) is 10.2 Å². The Morgan fingerprint density at radius 1 is 1.17 bits per heavy atom. The van der Waals surface area contributed by atoms with Gasteiger partial charge >= 0.3 is 0 Å². The van der Waals surface area contributed by atoms with Crippen molar-refractivity contribution in [3.8, 4) is 0 Å². The van der Waals surface area contributed by atoms with Crippen LogP contribution in [0.15, 0.2) is 28.9 Å². The van der Waals surface area contributed by atoms with Crippen LogP contribution in [0.25, 0.3) is 11.0 Å². The summed E-state index contributed by atoms with van der Waals surface area (Å²) in [6.45, 7) is 4.01. The predicted octanol–water partition coefficient (Wildman–Crippen LogP) is 2.88. The summed E-state index contributed by atoms with van der Waals surface area (Å²) in [7, 11) is 0. The van der Waals surface area contributed by atoms with Crippen molar-refractivity contribution >= 4 is 11.0 Å². The first-order chi connectivity index (χ1) is 8.86. The van der Waals surface area contributed by atoms with Crippen molar-refractivity contribution in [2.24, 2.45) is 5.73 Å². The summed E-state index contributed by atoms with van der Waals surface area (Å²) in [4.78, 5) is 2.52. The van der Waals surface area contributed by atoms with Gasteiger partial charge in [0.15, 0.2) is 0 Å². The average molecular weight is 244 g/mol. The number of nitrogens with zero attached hydrogens (tertiary/aromatic N) is 1. The molecule has 2 N–H and O–H groups in total. The van der Waals surface area contributed by atoms with Gasteiger partial charge in [-0.1, -0.05) is 12.5 Å². The highest BCUT2D eigenvalue weighted by molar-refractivity contribution is 5.81. The lowest BCUT2D eigenvalue weighted by molar-refractivity contribution is 0.221. The summed E-state index contributed by atoms with van der Waals surface area (Å²) in [5.74, 6) is 0. The third-order valence-corrected chi connectivity index (χ3v) is 3.80. The Kier molecular flexibility index (Phi) is 3.35. The number of benzene rings is 1. The second-order valence-electron chi connectivity index (χ2n) is 5.13. The molecule has 1 saturated heterocycles. The van der Waals surface area contributed by atoms with Crippen LogP contribution < -0.4 is 5.73 Å². The van der Waals surface area contributed by atoms with Crippen LogP contribution in [-0.4, -0.2) is 18.0 Å². The fourth-order valence-corrected chi connectivity index (χ4v) is 2.74. The summed E-state index contributed by atoms with van der Waals surface area (Å²) in [5, 5.41) is 1.23. The standard InChI is InChI=1S/C15H20N2O/c16-9-12-4-5-15-14(8-12)13(11-18-15)10-17-6-2-1-3-7-17/h4-5,8,11H,1-3,6-7,9-10,16H2. The number of fused-ring (bicyclic) bond motifs is 1. The van der Waals surface area contributed by atoms with Crippen molar-refractivity contribution in [2.45, 2.75) is 32.4 Å². The number of likely N-dealkylation sites (tertiary alicyclic amines) is 1. The van der Waals surface area contributed by atoms with Crippen molar-refractivity contribution in [2.75, 3.05) is 13.1 Å². The maximum Gasteiger partial charge on any atom is 0.134 e. The maximum atomic E-state index is 5.70. The van der Waals surface area contributed by atoms with E-state index in [1.165, 1.54) is 48.9 Å². The van der Waals surface area contributed by atoms with E-state index >= 15 is 0 Å². The molecule has 1 fully saturated rings. The van der Waals surface area contributed by atoms with Crippen LogP contribution in [0.3, 0.4) is 0 Å². The summed E-state index contributed by atoms with van der Waals surface area (Å²) in [5.41, 5.74) is 9.14. The second kappa shape index (κ2) is 5.12. The van der Waals surface area contributed by atoms with E-state index in [1.54, 1.807) is 0 Å². The van der Waals surface area contributed by atoms with Gasteiger partial charge in [-0.2, -0.15) is 0 Å². The van der Waals surface area contributed by atoms with E-state index < -0.39 is 0 Å². The normalized spacial score (nSPS) is 17.4. The summed E-state index contributed by atoms with van der Waals surface area (Å²) >= 11 is 0. The number of rotatable bonds is 3. The molecule has 0 unspecified atom stereocenters. The summed E-state index contributed by atoms with van der Waals surface area (Å²) < 4.78 is 5.62. The molecule has 96 valence electrons. The lowest BCUT2D eigenvalue weighted by Gasteiger charge is -2.25. The van der Waals surface area contributed by atoms with Gasteiger partial charge in [0.25, 0.3) is 0 Å². The Hall–Kier alpha value is -1.32. The van der Waals surface area contributed by atoms with Gasteiger partial charge in [0.2, 0.25) is 0 Å². The van der Waals surface area contributed by atoms with Crippen LogP contribution in [-0.2, 0) is 13.1 Å². The van der Waals surface area contributed by atoms with Crippen LogP contribution in [0, 0.1) is 0 Å². The molecule has 0 aliphatic carbocycles. The Bertz CT molecular complexity index is 526. The fraction of sp³-hybridized carbons (Fsp3) is 0.467. The predicted molar refractivity (Wildman–Crippen MR) is 73.2 cm³/mol. The number of hydrogen-bond donors (Lipinski definition) is 1. The highest BCUT2D eigenvalue weighted by atomic mass is 16.3. The molecule has 0 saturated carbocycles. The number of nitrogens with two attached hydrogens (primary N) is 1. The van der Waals surface area contributed by atoms with Crippen molar-refractivity contribution in [3.05, 3.63) is 35.6 Å². The first-order valence-corrected chi connectivity index (χ1v) is 6.78. The van der Waals surface area contributed by atoms with Gasteiger partial charge in [0.05, 0.1) is 6.26 Å². The minimum atomic E-state index is 0.588. The molecule has 0 radical (unpaired) electrons. The Morgan fingerprint density at radius 2 is 2.00 bits per heavy atom. The topological polar surface area (TPSA) is 42.4 Å². The first-order valence-electron chi connectivity index (χ1n) is 6.78. The van der Waals surface area contributed by atoms with E-state index in [0.29, 0.717) is 6.54 Å². The molecule has 0 spiro atoms. The Labute approximate surface area is 108 Å². The van der Waals surface area contributed by atoms with E-state index in [9.17, 15) is 0 Å². The number of furan rings is 1. The molecule has 0 atom stereocenters. The lowest BCUT2D eigenvalue weighted by atomic mass is 10.1. The molecule has 3 heteroatoms. The van der Waals surface area contributed by atoms with Gasteiger partial charge in [0.1, 0.15) is 5.58 Å². The van der Waals surface area contributed by atoms with Gasteiger partial charge in [-0.05, 0) is 43.6 Å². The van der Waals surface area contributed by atoms with Crippen LogP contribution in [0.1, 0.15) is 30.4 Å². The van der Waals surface area contributed by atoms with Crippen molar-refractivity contribution in [1.82, 2.24) is 4.90 Å². The minimum absolute atomic E-state index is 0.588. The van der Waals surface area contributed by atoms with Crippen molar-refractivity contribution in [3.63, 3.8) is 0 Å². The van der Waals surface area contributed by atoms with E-state index in [-0.39, 0.29) is 0 Å². The number of hydrogen-bond acceptors (Lipinski definition) is 3. The van der Waals surface area contributed by atoms with Crippen LogP contribution in [0.4, 0.5) is 0 Å². The summed E-state index contributed by atoms with van der Waals surface area (Å²) in [6, 6.07) is 6.23. The van der Waals surface area contributed by atoms with E-state index in [2.05, 4.69) is 11.0 Å². The molecule has 1 aromatic heterocycles. The van der Waals surface area contributed by atoms with Crippen LogP contribution in [0.5, 0.6) is 0 Å². The molecule has 0 bridgehead atoms. The molecule has 0 amide bonds. The van der Waals surface area contributed by atoms with Gasteiger partial charge < -0.3 is 10.2 Å². The Morgan fingerprint density at radius 3 is 2.78 bits per heavy atom. The Balaban J connectivity index is 1.86. The molecule has 1 aliphatic heterocycles. The molecule has 2 heterocycles. The molecule has 3 rings (SSSR count). The summed E-state index contributed by atoms with van der Waals surface area (Å²) in [6.07, 6.45) is 5.92. The smallest absolute Gasteiger partial charge is 0.134 e. The molecule has 1 aromatic carbocycles. The third-order valence-electron chi connectivity index (χ3n) is 3.80. The zero-order chi connectivity index (χ0) is 12.4. The molecule has 18 heavy (non-hydrogen) atoms. The maximum absolute atomic E-state index is 5.70. The van der Waals surface area contributed by atoms with Gasteiger partial charge in [-0.15, -0.1) is 0 Å². The zero-order valence-corrected chi connectivity index (χ0v) is 10.7. The monoisotopic (exact) mass is 244 g/mol. The highest BCUT2D eigenvalue weighted by Gasteiger charge is 2.13. The fourth-order valence-electron chi connectivity index (χ4n) is 2.74. The van der Waals surface area contributed by atoms with Gasteiger partial charge in [-0.3, -0.25) is 4.90 Å².